The third kappa shape index (κ3) is 5.02. The van der Waals surface area contributed by atoms with Gasteiger partial charge in [-0.15, -0.1) is 0 Å². The summed E-state index contributed by atoms with van der Waals surface area (Å²) in [4.78, 5) is 25.8. The van der Waals surface area contributed by atoms with Crippen LogP contribution in [0, 0.1) is 0 Å². The fourth-order valence-electron chi connectivity index (χ4n) is 3.48. The number of amides is 1. The molecule has 0 aliphatic carbocycles. The number of aromatic nitrogens is 2. The Balaban J connectivity index is 1.63. The topological polar surface area (TPSA) is 58.6 Å². The molecule has 0 radical (unpaired) electrons. The standard InChI is InChI=1S/C23H24Cl2N4O2/c1-23(2,3)31-22(30)29-12-10-28(11-13-29)21-26-19-14-17(25)8-9-18(19)20(27-21)15-4-6-16(24)7-5-15/h4-9,14H,10-13H2,1-3H3. The Kier molecular flexibility index (Phi) is 5.95. The second kappa shape index (κ2) is 8.52. The average molecular weight is 459 g/mol. The maximum absolute atomic E-state index is 12.4. The van der Waals surface area contributed by atoms with Crippen molar-refractivity contribution in [1.82, 2.24) is 14.9 Å². The molecule has 0 N–H and O–H groups in total. The zero-order valence-electron chi connectivity index (χ0n) is 17.7. The van der Waals surface area contributed by atoms with Crippen LogP contribution in [-0.4, -0.2) is 52.7 Å². The van der Waals surface area contributed by atoms with Crippen LogP contribution >= 0.6 is 23.2 Å². The van der Waals surface area contributed by atoms with Crippen molar-refractivity contribution in [2.24, 2.45) is 0 Å². The summed E-state index contributed by atoms with van der Waals surface area (Å²) in [6, 6.07) is 13.2. The van der Waals surface area contributed by atoms with Gasteiger partial charge in [-0.05, 0) is 51.1 Å². The van der Waals surface area contributed by atoms with Crippen molar-refractivity contribution in [1.29, 1.82) is 0 Å². The van der Waals surface area contributed by atoms with Gasteiger partial charge in [0.2, 0.25) is 5.95 Å². The number of carbonyl (C=O) groups excluding carboxylic acids is 1. The summed E-state index contributed by atoms with van der Waals surface area (Å²) in [6.07, 6.45) is -0.291. The van der Waals surface area contributed by atoms with Crippen LogP contribution in [0.25, 0.3) is 22.2 Å². The van der Waals surface area contributed by atoms with Gasteiger partial charge in [-0.2, -0.15) is 0 Å². The molecule has 1 aromatic heterocycles. The molecule has 2 heterocycles. The van der Waals surface area contributed by atoms with Crippen molar-refractivity contribution in [2.75, 3.05) is 31.1 Å². The number of halogens is 2. The summed E-state index contributed by atoms with van der Waals surface area (Å²) in [7, 11) is 0. The molecular formula is C23H24Cl2N4O2. The number of nitrogens with zero attached hydrogens (tertiary/aromatic N) is 4. The van der Waals surface area contributed by atoms with E-state index in [-0.39, 0.29) is 6.09 Å². The van der Waals surface area contributed by atoms with Gasteiger partial charge in [0.1, 0.15) is 5.60 Å². The molecule has 2 aromatic carbocycles. The maximum atomic E-state index is 12.4. The summed E-state index contributed by atoms with van der Waals surface area (Å²) in [6.45, 7) is 7.93. The first-order chi connectivity index (χ1) is 14.7. The number of piperazine rings is 1. The van der Waals surface area contributed by atoms with Crippen LogP contribution in [0.2, 0.25) is 10.0 Å². The van der Waals surface area contributed by atoms with E-state index in [1.54, 1.807) is 4.90 Å². The lowest BCUT2D eigenvalue weighted by molar-refractivity contribution is 0.0240. The first-order valence-corrected chi connectivity index (χ1v) is 10.9. The first-order valence-electron chi connectivity index (χ1n) is 10.2. The van der Waals surface area contributed by atoms with Crippen LogP contribution in [-0.2, 0) is 4.74 Å². The van der Waals surface area contributed by atoms with Gasteiger partial charge >= 0.3 is 6.09 Å². The van der Waals surface area contributed by atoms with Crippen molar-refractivity contribution in [3.8, 4) is 11.3 Å². The Hall–Kier alpha value is -2.57. The molecule has 0 bridgehead atoms. The fourth-order valence-corrected chi connectivity index (χ4v) is 3.77. The lowest BCUT2D eigenvalue weighted by Crippen LogP contribution is -2.50. The minimum atomic E-state index is -0.511. The molecular weight excluding hydrogens is 435 g/mol. The highest BCUT2D eigenvalue weighted by molar-refractivity contribution is 6.31. The Bertz CT molecular complexity index is 1100. The second-order valence-corrected chi connectivity index (χ2v) is 9.37. The molecule has 1 fully saturated rings. The van der Waals surface area contributed by atoms with Gasteiger partial charge in [-0.25, -0.2) is 14.8 Å². The number of anilines is 1. The van der Waals surface area contributed by atoms with E-state index < -0.39 is 5.60 Å². The minimum absolute atomic E-state index is 0.291. The average Bonchev–Trinajstić information content (AvgIpc) is 2.72. The molecule has 1 amide bonds. The summed E-state index contributed by atoms with van der Waals surface area (Å²) >= 11 is 12.3. The van der Waals surface area contributed by atoms with Gasteiger partial charge in [0.05, 0.1) is 11.2 Å². The van der Waals surface area contributed by atoms with Gasteiger partial charge < -0.3 is 14.5 Å². The Morgan fingerprint density at radius 1 is 0.935 bits per heavy atom. The predicted molar refractivity (Wildman–Crippen MR) is 125 cm³/mol. The van der Waals surface area contributed by atoms with Crippen molar-refractivity contribution in [3.05, 3.63) is 52.5 Å². The number of hydrogen-bond donors (Lipinski definition) is 0. The van der Waals surface area contributed by atoms with E-state index in [9.17, 15) is 4.79 Å². The molecule has 4 rings (SSSR count). The molecule has 31 heavy (non-hydrogen) atoms. The van der Waals surface area contributed by atoms with Crippen molar-refractivity contribution >= 4 is 46.1 Å². The maximum Gasteiger partial charge on any atom is 0.410 e. The monoisotopic (exact) mass is 458 g/mol. The highest BCUT2D eigenvalue weighted by atomic mass is 35.5. The summed E-state index contributed by atoms with van der Waals surface area (Å²) in [5, 5.41) is 2.21. The van der Waals surface area contributed by atoms with Crippen LogP contribution < -0.4 is 4.90 Å². The number of fused-ring (bicyclic) bond motifs is 1. The van der Waals surface area contributed by atoms with Gasteiger partial charge in [-0.3, -0.25) is 0 Å². The SMILES string of the molecule is CC(C)(C)OC(=O)N1CCN(c2nc(-c3ccc(Cl)cc3)c3ccc(Cl)cc3n2)CC1. The van der Waals surface area contributed by atoms with E-state index in [0.717, 1.165) is 22.2 Å². The van der Waals surface area contributed by atoms with Gasteiger partial charge in [0, 0.05) is 47.2 Å². The third-order valence-corrected chi connectivity index (χ3v) is 5.47. The quantitative estimate of drug-likeness (QED) is 0.495. The molecule has 1 aliphatic rings. The molecule has 1 aliphatic heterocycles. The summed E-state index contributed by atoms with van der Waals surface area (Å²) < 4.78 is 5.49. The van der Waals surface area contributed by atoms with E-state index in [4.69, 9.17) is 37.9 Å². The molecule has 0 atom stereocenters. The van der Waals surface area contributed by atoms with E-state index in [2.05, 4.69) is 4.90 Å². The van der Waals surface area contributed by atoms with E-state index in [1.165, 1.54) is 0 Å². The lowest BCUT2D eigenvalue weighted by atomic mass is 10.1. The fraction of sp³-hybridized carbons (Fsp3) is 0.348. The highest BCUT2D eigenvalue weighted by Crippen LogP contribution is 2.31. The Labute approximate surface area is 191 Å². The zero-order chi connectivity index (χ0) is 22.2. The predicted octanol–water partition coefficient (Wildman–Crippen LogP) is 5.66. The summed E-state index contributed by atoms with van der Waals surface area (Å²) in [5.74, 6) is 0.614. The Morgan fingerprint density at radius 3 is 2.23 bits per heavy atom. The van der Waals surface area contributed by atoms with Crippen LogP contribution in [0.3, 0.4) is 0 Å². The molecule has 1 saturated heterocycles. The highest BCUT2D eigenvalue weighted by Gasteiger charge is 2.27. The van der Waals surface area contributed by atoms with Crippen molar-refractivity contribution in [2.45, 2.75) is 26.4 Å². The summed E-state index contributed by atoms with van der Waals surface area (Å²) in [5.41, 5.74) is 2.04. The number of ether oxygens (including phenoxy) is 1. The molecule has 3 aromatic rings. The van der Waals surface area contributed by atoms with Crippen LogP contribution in [0.1, 0.15) is 20.8 Å². The molecule has 0 spiro atoms. The molecule has 0 unspecified atom stereocenters. The van der Waals surface area contributed by atoms with Crippen molar-refractivity contribution in [3.63, 3.8) is 0 Å². The molecule has 6 nitrogen and oxygen atoms in total. The number of rotatable bonds is 2. The van der Waals surface area contributed by atoms with Gasteiger partial charge in [-0.1, -0.05) is 35.3 Å². The van der Waals surface area contributed by atoms with Crippen LogP contribution in [0.5, 0.6) is 0 Å². The lowest BCUT2D eigenvalue weighted by Gasteiger charge is -2.35. The third-order valence-electron chi connectivity index (χ3n) is 4.98. The molecule has 8 heteroatoms. The zero-order valence-corrected chi connectivity index (χ0v) is 19.2. The minimum Gasteiger partial charge on any atom is -0.444 e. The van der Waals surface area contributed by atoms with E-state index >= 15 is 0 Å². The Morgan fingerprint density at radius 2 is 1.58 bits per heavy atom. The van der Waals surface area contributed by atoms with E-state index in [1.807, 2.05) is 63.2 Å². The van der Waals surface area contributed by atoms with Crippen molar-refractivity contribution < 1.29 is 9.53 Å². The number of carbonyl (C=O) groups is 1. The second-order valence-electron chi connectivity index (χ2n) is 8.50. The first kappa shape index (κ1) is 21.7. The largest absolute Gasteiger partial charge is 0.444 e. The van der Waals surface area contributed by atoms with Crippen LogP contribution in [0.4, 0.5) is 10.7 Å². The van der Waals surface area contributed by atoms with E-state index in [0.29, 0.717) is 42.2 Å². The van der Waals surface area contributed by atoms with Gasteiger partial charge in [0.15, 0.2) is 0 Å². The number of hydrogen-bond acceptors (Lipinski definition) is 5. The molecule has 0 saturated carbocycles. The smallest absolute Gasteiger partial charge is 0.410 e. The molecule has 162 valence electrons. The van der Waals surface area contributed by atoms with Gasteiger partial charge in [0.25, 0.3) is 0 Å². The normalized spacial score (nSPS) is 14.7. The van der Waals surface area contributed by atoms with Crippen LogP contribution in [0.15, 0.2) is 42.5 Å². The number of benzene rings is 2.